The van der Waals surface area contributed by atoms with Crippen LogP contribution >= 0.6 is 0 Å². The van der Waals surface area contributed by atoms with Gasteiger partial charge in [0.05, 0.1) is 43.2 Å². The van der Waals surface area contributed by atoms with E-state index in [9.17, 15) is 29.1 Å². The quantitative estimate of drug-likeness (QED) is 0.310. The number of rotatable bonds is 11. The van der Waals surface area contributed by atoms with E-state index in [0.717, 1.165) is 0 Å². The Hall–Kier alpha value is -4.77. The van der Waals surface area contributed by atoms with Crippen LogP contribution in [0, 0.1) is 0 Å². The van der Waals surface area contributed by atoms with Gasteiger partial charge >= 0.3 is 5.97 Å². The number of amides is 3. The third kappa shape index (κ3) is 6.83. The largest absolute Gasteiger partial charge is 0.496 e. The van der Waals surface area contributed by atoms with Gasteiger partial charge in [-0.1, -0.05) is 24.3 Å². The molecule has 11 heteroatoms. The van der Waals surface area contributed by atoms with E-state index < -0.39 is 29.9 Å². The van der Waals surface area contributed by atoms with Gasteiger partial charge in [-0.2, -0.15) is 0 Å². The van der Waals surface area contributed by atoms with E-state index >= 15 is 0 Å². The number of fused-ring (bicyclic) bond motifs is 2. The minimum atomic E-state index is -1.08. The predicted octanol–water partition coefficient (Wildman–Crippen LogP) is 3.28. The molecule has 1 heterocycles. The molecule has 0 bridgehead atoms. The van der Waals surface area contributed by atoms with Crippen molar-refractivity contribution in [1.29, 1.82) is 0 Å². The second-order valence-corrected chi connectivity index (χ2v) is 10.5. The van der Waals surface area contributed by atoms with Crippen LogP contribution in [0.3, 0.4) is 0 Å². The van der Waals surface area contributed by atoms with E-state index in [2.05, 4.69) is 10.6 Å². The van der Waals surface area contributed by atoms with E-state index in [1.165, 1.54) is 29.9 Å². The van der Waals surface area contributed by atoms with Crippen LogP contribution in [0.4, 0.5) is 11.4 Å². The van der Waals surface area contributed by atoms with Crippen LogP contribution in [-0.4, -0.2) is 67.4 Å². The molecule has 0 radical (unpaired) electrons. The number of methoxy groups -OCH3 is 1. The number of nitrogens with one attached hydrogen (secondary N) is 2. The Morgan fingerprint density at radius 1 is 1.05 bits per heavy atom. The van der Waals surface area contributed by atoms with E-state index in [4.69, 9.17) is 4.74 Å². The number of ketones is 1. The number of likely N-dealkylation sites (N-methyl/N-ethyl adjacent to an activating group) is 1. The maximum absolute atomic E-state index is 14.3. The molecule has 0 aromatic heterocycles. The van der Waals surface area contributed by atoms with E-state index in [-0.39, 0.29) is 43.2 Å². The van der Waals surface area contributed by atoms with E-state index in [1.807, 2.05) is 0 Å². The molecule has 3 aromatic rings. The number of hydrogen-bond donors (Lipinski definition) is 3. The molecule has 1 aliphatic heterocycles. The lowest BCUT2D eigenvalue weighted by Gasteiger charge is -2.27. The average molecular weight is 589 g/mol. The lowest BCUT2D eigenvalue weighted by Crippen LogP contribution is -2.55. The molecular formula is C32H36N4O7. The molecular weight excluding hydrogens is 552 g/mol. The molecule has 226 valence electrons. The molecule has 0 aliphatic carbocycles. The zero-order valence-corrected chi connectivity index (χ0v) is 24.7. The molecule has 3 N–H and O–H groups in total. The third-order valence-corrected chi connectivity index (χ3v) is 7.63. The van der Waals surface area contributed by atoms with Crippen LogP contribution in [0.25, 0.3) is 10.8 Å². The van der Waals surface area contributed by atoms with Gasteiger partial charge in [0, 0.05) is 18.4 Å². The molecule has 2 atom stereocenters. The summed E-state index contributed by atoms with van der Waals surface area (Å²) in [5.41, 5.74) is 1.72. The number of para-hydroxylation sites is 2. The van der Waals surface area contributed by atoms with Crippen molar-refractivity contribution in [3.8, 4) is 5.75 Å². The maximum Gasteiger partial charge on any atom is 0.335 e. The van der Waals surface area contributed by atoms with Crippen LogP contribution in [0.1, 0.15) is 49.0 Å². The lowest BCUT2D eigenvalue weighted by molar-refractivity contribution is -0.128. The number of anilines is 2. The van der Waals surface area contributed by atoms with Crippen molar-refractivity contribution in [3.05, 3.63) is 65.7 Å². The fourth-order valence-corrected chi connectivity index (χ4v) is 5.16. The first-order valence-electron chi connectivity index (χ1n) is 14.1. The average Bonchev–Trinajstić information content (AvgIpc) is 3.10. The Bertz CT molecular complexity index is 1570. The highest BCUT2D eigenvalue weighted by atomic mass is 16.5. The molecule has 0 saturated carbocycles. The zero-order valence-electron chi connectivity index (χ0n) is 24.7. The van der Waals surface area contributed by atoms with Crippen molar-refractivity contribution >= 4 is 51.6 Å². The molecule has 0 spiro atoms. The highest BCUT2D eigenvalue weighted by Gasteiger charge is 2.37. The number of ether oxygens (including phenoxy) is 1. The van der Waals surface area contributed by atoms with Crippen LogP contribution in [0.5, 0.6) is 5.75 Å². The molecule has 43 heavy (non-hydrogen) atoms. The normalized spacial score (nSPS) is 15.4. The second kappa shape index (κ2) is 13.5. The van der Waals surface area contributed by atoms with Crippen molar-refractivity contribution in [3.63, 3.8) is 0 Å². The summed E-state index contributed by atoms with van der Waals surface area (Å²) in [6.07, 6.45) is 0.721. The summed E-state index contributed by atoms with van der Waals surface area (Å²) in [6, 6.07) is 13.6. The molecule has 3 amide bonds. The summed E-state index contributed by atoms with van der Waals surface area (Å²) < 4.78 is 5.66. The van der Waals surface area contributed by atoms with Gasteiger partial charge in [0.1, 0.15) is 17.6 Å². The van der Waals surface area contributed by atoms with Gasteiger partial charge in [-0.15, -0.1) is 0 Å². The number of nitrogens with zero attached hydrogens (tertiary/aromatic N) is 2. The van der Waals surface area contributed by atoms with Crippen LogP contribution in [-0.2, 0) is 25.7 Å². The van der Waals surface area contributed by atoms with Crippen LogP contribution in [0.15, 0.2) is 54.6 Å². The van der Waals surface area contributed by atoms with Crippen molar-refractivity contribution in [2.45, 2.75) is 51.7 Å². The summed E-state index contributed by atoms with van der Waals surface area (Å²) in [5.74, 6) is -1.68. The Balaban J connectivity index is 1.83. The maximum atomic E-state index is 14.3. The predicted molar refractivity (Wildman–Crippen MR) is 162 cm³/mol. The van der Waals surface area contributed by atoms with E-state index in [0.29, 0.717) is 39.9 Å². The Morgan fingerprint density at radius 3 is 2.42 bits per heavy atom. The number of Topliss-reactive ketones (excluding diaryl/α,β-unsaturated/α-hetero) is 1. The molecule has 4 rings (SSSR count). The van der Waals surface area contributed by atoms with Gasteiger partial charge in [0.25, 0.3) is 5.91 Å². The second-order valence-electron chi connectivity index (χ2n) is 10.5. The molecule has 3 aromatic carbocycles. The van der Waals surface area contributed by atoms with Crippen molar-refractivity contribution in [2.75, 3.05) is 30.5 Å². The molecule has 1 aliphatic rings. The van der Waals surface area contributed by atoms with Crippen molar-refractivity contribution in [1.82, 2.24) is 10.6 Å². The topological polar surface area (TPSA) is 145 Å². The van der Waals surface area contributed by atoms with Gasteiger partial charge < -0.3 is 35.1 Å². The summed E-state index contributed by atoms with van der Waals surface area (Å²) in [4.78, 5) is 66.9. The summed E-state index contributed by atoms with van der Waals surface area (Å²) in [5, 5.41) is 16.5. The number of benzene rings is 3. The number of aromatic carboxylic acids is 1. The zero-order chi connectivity index (χ0) is 31.3. The third-order valence-electron chi connectivity index (χ3n) is 7.63. The number of hydrogen-bond acceptors (Lipinski definition) is 7. The van der Waals surface area contributed by atoms with Gasteiger partial charge in [-0.05, 0) is 68.4 Å². The number of carbonyl (C=O) groups excluding carboxylic acids is 4. The summed E-state index contributed by atoms with van der Waals surface area (Å²) >= 11 is 0. The molecule has 11 nitrogen and oxygen atoms in total. The Kier molecular flexibility index (Phi) is 9.77. The highest BCUT2D eigenvalue weighted by molar-refractivity contribution is 6.08. The molecule has 0 fully saturated rings. The lowest BCUT2D eigenvalue weighted by atomic mass is 10.00. The first-order valence-corrected chi connectivity index (χ1v) is 14.1. The monoisotopic (exact) mass is 588 g/mol. The molecule has 0 unspecified atom stereocenters. The first-order chi connectivity index (χ1) is 20.5. The van der Waals surface area contributed by atoms with Gasteiger partial charge in [0.2, 0.25) is 11.8 Å². The fraction of sp³-hybridized carbons (Fsp3) is 0.344. The highest BCUT2D eigenvalue weighted by Crippen LogP contribution is 2.37. The molecule has 0 saturated heterocycles. The summed E-state index contributed by atoms with van der Waals surface area (Å²) in [6.45, 7) is 3.06. The summed E-state index contributed by atoms with van der Waals surface area (Å²) in [7, 11) is 3.15. The number of carboxylic acids is 1. The van der Waals surface area contributed by atoms with Crippen LogP contribution < -0.4 is 25.2 Å². The number of carboxylic acid groups (broad SMARTS) is 1. The first kappa shape index (κ1) is 31.2. The van der Waals surface area contributed by atoms with E-state index in [1.54, 1.807) is 62.5 Å². The minimum Gasteiger partial charge on any atom is -0.496 e. The van der Waals surface area contributed by atoms with Crippen molar-refractivity contribution < 1.29 is 33.8 Å². The van der Waals surface area contributed by atoms with Gasteiger partial charge in [-0.25, -0.2) is 4.79 Å². The fourth-order valence-electron chi connectivity index (χ4n) is 5.16. The van der Waals surface area contributed by atoms with Gasteiger partial charge in [-0.3, -0.25) is 14.4 Å². The minimum absolute atomic E-state index is 0.0170. The SMILES string of the molecule is CN[C@@H](C)C(=O)N[C@H]1CN(C(=O)CCCC(C)=O)c2ccccc2N(Cc2c(OC)ccc3cc(C(=O)O)ccc23)C1=O. The van der Waals surface area contributed by atoms with Crippen LogP contribution in [0.2, 0.25) is 0 Å². The smallest absolute Gasteiger partial charge is 0.335 e. The Labute approximate surface area is 249 Å². The number of carbonyl (C=O) groups is 5. The Morgan fingerprint density at radius 2 is 1.77 bits per heavy atom. The van der Waals surface area contributed by atoms with Crippen molar-refractivity contribution in [2.24, 2.45) is 0 Å². The van der Waals surface area contributed by atoms with Gasteiger partial charge in [0.15, 0.2) is 0 Å². The standard InChI is InChI=1S/C32H36N4O7/c1-19(37)8-7-11-29(38)35-18-25(34-30(39)20(2)33-3)31(40)36(27-10-6-5-9-26(27)35)17-24-23-14-12-22(32(41)42)16-21(23)13-15-28(24)43-4/h5-6,9-10,12-16,20,25,33H,7-8,11,17-18H2,1-4H3,(H,34,39)(H,41,42)/t20-,25-/m0/s1.